The van der Waals surface area contributed by atoms with Crippen molar-refractivity contribution in [2.24, 2.45) is 4.36 Å². The van der Waals surface area contributed by atoms with Crippen LogP contribution in [0.1, 0.15) is 0 Å². The van der Waals surface area contributed by atoms with E-state index >= 15 is 0 Å². The normalized spacial score (nSPS) is 19.6. The number of aromatic nitrogens is 1. The quantitative estimate of drug-likeness (QED) is 0.567. The summed E-state index contributed by atoms with van der Waals surface area (Å²) in [6.45, 7) is 0. The van der Waals surface area contributed by atoms with Gasteiger partial charge in [0.2, 0.25) is 0 Å². The first-order chi connectivity index (χ1) is 6.84. The van der Waals surface area contributed by atoms with E-state index in [-0.39, 0.29) is 10.3 Å². The molecule has 0 bridgehead atoms. The second kappa shape index (κ2) is 4.57. The standard InChI is InChI=1S/C10H8BrN2S/c11-9-4-5-10(12-8-9)13-14-6-2-1-3-7-14/h1-8H/q-1. The van der Waals surface area contributed by atoms with Gasteiger partial charge in [-0.05, 0) is 28.1 Å². The topological polar surface area (TPSA) is 25.2 Å². The molecule has 1 aromatic rings. The van der Waals surface area contributed by atoms with Crippen LogP contribution in [0.5, 0.6) is 0 Å². The van der Waals surface area contributed by atoms with Crippen molar-refractivity contribution < 1.29 is 0 Å². The molecule has 0 saturated carbocycles. The Balaban J connectivity index is 2.34. The molecule has 72 valence electrons. The lowest BCUT2D eigenvalue weighted by molar-refractivity contribution is 1.27. The Labute approximate surface area is 93.2 Å². The summed E-state index contributed by atoms with van der Waals surface area (Å²) in [5, 5.41) is 4.12. The Bertz CT molecular complexity index is 465. The van der Waals surface area contributed by atoms with Crippen LogP contribution in [0.25, 0.3) is 0 Å². The van der Waals surface area contributed by atoms with Crippen LogP contribution in [0, 0.1) is 0 Å². The van der Waals surface area contributed by atoms with Crippen molar-refractivity contribution in [3.8, 4) is 0 Å². The highest BCUT2D eigenvalue weighted by Gasteiger charge is 1.85. The zero-order valence-electron chi connectivity index (χ0n) is 7.30. The van der Waals surface area contributed by atoms with Gasteiger partial charge in [0.25, 0.3) is 0 Å². The molecule has 0 atom stereocenters. The van der Waals surface area contributed by atoms with Crippen molar-refractivity contribution in [3.05, 3.63) is 46.4 Å². The fourth-order valence-corrected chi connectivity index (χ4v) is 2.23. The third-order valence-electron chi connectivity index (χ3n) is 1.57. The molecule has 1 aromatic heterocycles. The Kier molecular flexibility index (Phi) is 3.16. The smallest absolute Gasteiger partial charge is 0.126 e. The van der Waals surface area contributed by atoms with Crippen LogP contribution < -0.4 is 0 Å². The minimum Gasteiger partial charge on any atom is -0.380 e. The van der Waals surface area contributed by atoms with Crippen LogP contribution >= 0.6 is 15.9 Å². The number of hydrogen-bond donors (Lipinski definition) is 0. The molecule has 14 heavy (non-hydrogen) atoms. The molecule has 0 unspecified atom stereocenters. The molecule has 1 aliphatic heterocycles. The maximum Gasteiger partial charge on any atom is 0.126 e. The summed E-state index contributed by atoms with van der Waals surface area (Å²) in [6, 6.07) is 3.84. The summed E-state index contributed by atoms with van der Waals surface area (Å²) < 4.78 is 5.44. The molecule has 0 aliphatic carbocycles. The first kappa shape index (κ1) is 9.68. The molecule has 2 rings (SSSR count). The maximum absolute atomic E-state index is 4.46. The predicted molar refractivity (Wildman–Crippen MR) is 65.7 cm³/mol. The Morgan fingerprint density at radius 3 is 2.79 bits per heavy atom. The van der Waals surface area contributed by atoms with Crippen LogP contribution in [0.3, 0.4) is 0 Å². The Morgan fingerprint density at radius 2 is 2.14 bits per heavy atom. The van der Waals surface area contributed by atoms with E-state index in [4.69, 9.17) is 0 Å². The van der Waals surface area contributed by atoms with E-state index in [1.807, 2.05) is 30.4 Å². The highest BCUT2D eigenvalue weighted by Crippen LogP contribution is 2.13. The van der Waals surface area contributed by atoms with Gasteiger partial charge in [-0.3, -0.25) is 0 Å². The number of allylic oxidation sites excluding steroid dienone is 3. The van der Waals surface area contributed by atoms with E-state index in [0.29, 0.717) is 0 Å². The Morgan fingerprint density at radius 1 is 1.21 bits per heavy atom. The van der Waals surface area contributed by atoms with Gasteiger partial charge in [0.1, 0.15) is 5.82 Å². The third-order valence-corrected chi connectivity index (χ3v) is 3.31. The summed E-state index contributed by atoms with van der Waals surface area (Å²) >= 11 is 3.34. The van der Waals surface area contributed by atoms with Gasteiger partial charge in [0, 0.05) is 10.7 Å². The third kappa shape index (κ3) is 2.56. The highest BCUT2D eigenvalue weighted by molar-refractivity contribution is 9.10. The van der Waals surface area contributed by atoms with Crippen molar-refractivity contribution in [1.29, 1.82) is 0 Å². The van der Waals surface area contributed by atoms with E-state index in [1.54, 1.807) is 6.20 Å². The zero-order valence-corrected chi connectivity index (χ0v) is 9.70. The lowest BCUT2D eigenvalue weighted by atomic mass is 10.5. The van der Waals surface area contributed by atoms with Gasteiger partial charge in [0.05, 0.1) is 0 Å². The average molecular weight is 268 g/mol. The van der Waals surface area contributed by atoms with Gasteiger partial charge < -0.3 is 14.6 Å². The van der Waals surface area contributed by atoms with Crippen LogP contribution in [0.15, 0.2) is 50.8 Å². The van der Waals surface area contributed by atoms with Crippen molar-refractivity contribution in [2.75, 3.05) is 0 Å². The predicted octanol–water partition coefficient (Wildman–Crippen LogP) is 3.16. The first-order valence-corrected chi connectivity index (χ1v) is 6.18. The van der Waals surface area contributed by atoms with Crippen molar-refractivity contribution in [3.63, 3.8) is 0 Å². The molecular weight excluding hydrogens is 260 g/mol. The number of nitrogens with zero attached hydrogens (tertiary/aromatic N) is 2. The minimum absolute atomic E-state index is 0.147. The van der Waals surface area contributed by atoms with E-state index in [0.717, 1.165) is 10.3 Å². The highest BCUT2D eigenvalue weighted by atomic mass is 79.9. The number of hydrogen-bond acceptors (Lipinski definition) is 3. The fourth-order valence-electron chi connectivity index (χ4n) is 0.952. The summed E-state index contributed by atoms with van der Waals surface area (Å²) in [5.41, 5.74) is 0. The van der Waals surface area contributed by atoms with Gasteiger partial charge in [0.15, 0.2) is 0 Å². The summed E-state index contributed by atoms with van der Waals surface area (Å²) in [5.74, 6) is 0.771. The largest absolute Gasteiger partial charge is 0.380 e. The maximum atomic E-state index is 4.46. The molecule has 0 spiro atoms. The summed E-state index contributed by atoms with van der Waals surface area (Å²) in [7, 11) is -0.147. The van der Waals surface area contributed by atoms with Gasteiger partial charge in [-0.1, -0.05) is 18.2 Å². The molecule has 2 heterocycles. The molecule has 4 heteroatoms. The van der Waals surface area contributed by atoms with Crippen LogP contribution in [0.4, 0.5) is 5.82 Å². The van der Waals surface area contributed by atoms with E-state index < -0.39 is 0 Å². The number of rotatable bonds is 1. The van der Waals surface area contributed by atoms with Crippen molar-refractivity contribution in [1.82, 2.24) is 4.98 Å². The Hall–Kier alpha value is -0.870. The van der Waals surface area contributed by atoms with Gasteiger partial charge >= 0.3 is 0 Å². The van der Waals surface area contributed by atoms with E-state index in [1.165, 1.54) is 0 Å². The first-order valence-electron chi connectivity index (χ1n) is 4.08. The van der Waals surface area contributed by atoms with E-state index in [9.17, 15) is 0 Å². The molecule has 0 fully saturated rings. The fraction of sp³-hybridized carbons (Fsp3) is 0. The number of pyridine rings is 1. The second-order valence-electron chi connectivity index (χ2n) is 2.62. The SMILES string of the molecule is Brc1ccc(N=[S-]2=CC=CC=C2)nc1. The van der Waals surface area contributed by atoms with Crippen molar-refractivity contribution in [2.45, 2.75) is 0 Å². The van der Waals surface area contributed by atoms with Crippen LogP contribution in [0.2, 0.25) is 0 Å². The molecule has 0 aromatic carbocycles. The van der Waals surface area contributed by atoms with Gasteiger partial charge in [-0.15, -0.1) is 0 Å². The molecule has 0 N–H and O–H groups in total. The lowest BCUT2D eigenvalue weighted by Gasteiger charge is -2.06. The number of halogens is 1. The molecule has 0 saturated heterocycles. The molecule has 1 aliphatic rings. The molecule has 0 radical (unpaired) electrons. The second-order valence-corrected chi connectivity index (χ2v) is 4.96. The van der Waals surface area contributed by atoms with Gasteiger partial charge in [-0.2, -0.15) is 10.8 Å². The van der Waals surface area contributed by atoms with E-state index in [2.05, 4.69) is 36.1 Å². The van der Waals surface area contributed by atoms with Gasteiger partial charge in [-0.25, -0.2) is 4.98 Å². The average Bonchev–Trinajstić information content (AvgIpc) is 2.23. The molecule has 0 amide bonds. The zero-order chi connectivity index (χ0) is 9.80. The molecule has 2 nitrogen and oxygen atoms in total. The minimum atomic E-state index is -0.147. The van der Waals surface area contributed by atoms with Crippen LogP contribution in [-0.4, -0.2) is 10.4 Å². The lowest BCUT2D eigenvalue weighted by Crippen LogP contribution is -1.80. The summed E-state index contributed by atoms with van der Waals surface area (Å²) in [6.07, 6.45) is 7.76. The van der Waals surface area contributed by atoms with Crippen molar-refractivity contribution >= 4 is 37.4 Å². The monoisotopic (exact) mass is 267 g/mol. The van der Waals surface area contributed by atoms with Crippen LogP contribution in [-0.2, 0) is 10.3 Å². The molecular formula is C10H8BrN2S-. The summed E-state index contributed by atoms with van der Waals surface area (Å²) in [4.78, 5) is 4.19.